The third kappa shape index (κ3) is 1.03. The third-order valence-corrected chi connectivity index (χ3v) is 3.69. The van der Waals surface area contributed by atoms with E-state index in [9.17, 15) is 15.0 Å². The monoisotopic (exact) mass is 201 g/mol. The van der Waals surface area contributed by atoms with Crippen LogP contribution in [0.2, 0.25) is 0 Å². The molecule has 0 aromatic heterocycles. The Kier molecular flexibility index (Phi) is 2.06. The quantitative estimate of drug-likeness (QED) is 0.508. The highest BCUT2D eigenvalue weighted by Gasteiger charge is 2.59. The van der Waals surface area contributed by atoms with Gasteiger partial charge in [0.1, 0.15) is 0 Å². The molecule has 80 valence electrons. The Hall–Kier alpha value is -0.650. The van der Waals surface area contributed by atoms with E-state index in [-0.39, 0.29) is 6.04 Å². The van der Waals surface area contributed by atoms with Crippen molar-refractivity contribution in [2.45, 2.75) is 43.1 Å². The molecule has 0 aromatic carbocycles. The summed E-state index contributed by atoms with van der Waals surface area (Å²) in [5.41, 5.74) is -1.98. The minimum Gasteiger partial charge on any atom is -0.479 e. The number of likely N-dealkylation sites (N-methyl/N-ethyl adjacent to an activating group) is 1. The molecular weight excluding hydrogens is 186 g/mol. The van der Waals surface area contributed by atoms with E-state index in [4.69, 9.17) is 5.11 Å². The van der Waals surface area contributed by atoms with Gasteiger partial charge in [0.25, 0.3) is 0 Å². The Morgan fingerprint density at radius 3 is 2.71 bits per heavy atom. The molecule has 14 heavy (non-hydrogen) atoms. The number of aliphatic hydroxyl groups is 2. The predicted octanol–water partition coefficient (Wildman–Crippen LogP) is -0.971. The predicted molar refractivity (Wildman–Crippen MR) is 47.8 cm³/mol. The maximum Gasteiger partial charge on any atom is 0.340 e. The average Bonchev–Trinajstić information content (AvgIpc) is 2.39. The van der Waals surface area contributed by atoms with E-state index in [1.807, 2.05) is 11.9 Å². The molecule has 2 aliphatic heterocycles. The lowest BCUT2D eigenvalue weighted by Gasteiger charge is -2.44. The molecule has 3 N–H and O–H groups in total. The van der Waals surface area contributed by atoms with Crippen LogP contribution in [0, 0.1) is 0 Å². The van der Waals surface area contributed by atoms with Crippen molar-refractivity contribution in [3.63, 3.8) is 0 Å². The summed E-state index contributed by atoms with van der Waals surface area (Å²) in [7, 11) is 1.81. The van der Waals surface area contributed by atoms with Crippen molar-refractivity contribution in [2.24, 2.45) is 0 Å². The summed E-state index contributed by atoms with van der Waals surface area (Å²) in [6.07, 6.45) is 0.693. The molecule has 0 amide bonds. The molecule has 2 rings (SSSR count). The zero-order valence-electron chi connectivity index (χ0n) is 8.05. The minimum absolute atomic E-state index is 0.217. The fourth-order valence-corrected chi connectivity index (χ4v) is 2.77. The van der Waals surface area contributed by atoms with Gasteiger partial charge in [-0.2, -0.15) is 0 Å². The summed E-state index contributed by atoms with van der Waals surface area (Å²) in [6.45, 7) is 0. The zero-order valence-corrected chi connectivity index (χ0v) is 8.05. The van der Waals surface area contributed by atoms with Crippen molar-refractivity contribution in [1.82, 2.24) is 4.90 Å². The number of carboxylic acid groups (broad SMARTS) is 1. The molecular formula is C9H15NO4. The van der Waals surface area contributed by atoms with E-state index in [0.717, 1.165) is 6.42 Å². The van der Waals surface area contributed by atoms with Gasteiger partial charge in [-0.15, -0.1) is 0 Å². The normalized spacial score (nSPS) is 48.1. The van der Waals surface area contributed by atoms with Gasteiger partial charge in [0.2, 0.25) is 5.60 Å². The van der Waals surface area contributed by atoms with Crippen LogP contribution in [-0.2, 0) is 4.79 Å². The molecule has 0 spiro atoms. The molecule has 2 heterocycles. The summed E-state index contributed by atoms with van der Waals surface area (Å²) in [5, 5.41) is 28.6. The summed E-state index contributed by atoms with van der Waals surface area (Å²) >= 11 is 0. The summed E-state index contributed by atoms with van der Waals surface area (Å²) in [4.78, 5) is 12.9. The number of hydrogen-bond acceptors (Lipinski definition) is 4. The Morgan fingerprint density at radius 2 is 2.14 bits per heavy atom. The molecule has 0 saturated carbocycles. The summed E-state index contributed by atoms with van der Waals surface area (Å²) < 4.78 is 0. The van der Waals surface area contributed by atoms with Crippen LogP contribution in [0.1, 0.15) is 19.3 Å². The number of rotatable bonds is 1. The number of nitrogens with zero attached hydrogens (tertiary/aromatic N) is 1. The summed E-state index contributed by atoms with van der Waals surface area (Å²) in [6, 6.07) is -0.233. The van der Waals surface area contributed by atoms with Crippen LogP contribution >= 0.6 is 0 Å². The maximum absolute atomic E-state index is 11.0. The Balaban J connectivity index is 2.35. The van der Waals surface area contributed by atoms with Gasteiger partial charge in [-0.1, -0.05) is 0 Å². The molecule has 2 fully saturated rings. The lowest BCUT2D eigenvalue weighted by molar-refractivity contribution is -0.192. The van der Waals surface area contributed by atoms with Gasteiger partial charge in [-0.3, -0.25) is 4.90 Å². The lowest BCUT2D eigenvalue weighted by Crippen LogP contribution is -2.66. The van der Waals surface area contributed by atoms with Gasteiger partial charge >= 0.3 is 5.97 Å². The number of carboxylic acids is 1. The molecule has 2 saturated heterocycles. The van der Waals surface area contributed by atoms with Gasteiger partial charge < -0.3 is 15.3 Å². The van der Waals surface area contributed by atoms with Crippen LogP contribution in [0.4, 0.5) is 0 Å². The fourth-order valence-electron chi connectivity index (χ4n) is 2.77. The van der Waals surface area contributed by atoms with Gasteiger partial charge in [0, 0.05) is 6.04 Å². The Bertz CT molecular complexity index is 270. The largest absolute Gasteiger partial charge is 0.479 e. The number of hydrogen-bond donors (Lipinski definition) is 3. The van der Waals surface area contributed by atoms with Crippen LogP contribution in [0.15, 0.2) is 0 Å². The zero-order chi connectivity index (χ0) is 10.5. The van der Waals surface area contributed by atoms with E-state index in [2.05, 4.69) is 0 Å². The van der Waals surface area contributed by atoms with Crippen molar-refractivity contribution in [3.8, 4) is 0 Å². The van der Waals surface area contributed by atoms with E-state index in [1.165, 1.54) is 0 Å². The van der Waals surface area contributed by atoms with Crippen molar-refractivity contribution < 1.29 is 20.1 Å². The molecule has 0 aliphatic carbocycles. The molecule has 0 radical (unpaired) electrons. The lowest BCUT2D eigenvalue weighted by atomic mass is 9.83. The number of piperidine rings is 1. The SMILES string of the molecule is CN1C2CCC1C(O)(C(=O)O)C(O)C2. The van der Waals surface area contributed by atoms with E-state index in [0.29, 0.717) is 12.8 Å². The van der Waals surface area contributed by atoms with E-state index in [1.54, 1.807) is 0 Å². The second kappa shape index (κ2) is 2.92. The van der Waals surface area contributed by atoms with Crippen molar-refractivity contribution in [1.29, 1.82) is 0 Å². The van der Waals surface area contributed by atoms with Gasteiger partial charge in [-0.25, -0.2) is 4.79 Å². The fraction of sp³-hybridized carbons (Fsp3) is 0.889. The molecule has 0 aromatic rings. The topological polar surface area (TPSA) is 81.0 Å². The first-order valence-electron chi connectivity index (χ1n) is 4.83. The molecule has 4 unspecified atom stereocenters. The minimum atomic E-state index is -1.98. The van der Waals surface area contributed by atoms with Crippen molar-refractivity contribution >= 4 is 5.97 Å². The number of carbonyl (C=O) groups is 1. The van der Waals surface area contributed by atoms with Gasteiger partial charge in [0.05, 0.1) is 12.1 Å². The van der Waals surface area contributed by atoms with E-state index < -0.39 is 23.7 Å². The molecule has 5 nitrogen and oxygen atoms in total. The third-order valence-electron chi connectivity index (χ3n) is 3.69. The van der Waals surface area contributed by atoms with Gasteiger partial charge in [-0.05, 0) is 26.3 Å². The first kappa shape index (κ1) is 9.89. The maximum atomic E-state index is 11.0. The smallest absolute Gasteiger partial charge is 0.340 e. The molecule has 5 heteroatoms. The van der Waals surface area contributed by atoms with Crippen LogP contribution in [-0.4, -0.2) is 57.0 Å². The Morgan fingerprint density at radius 1 is 1.50 bits per heavy atom. The van der Waals surface area contributed by atoms with Crippen LogP contribution < -0.4 is 0 Å². The second-order valence-electron chi connectivity index (χ2n) is 4.29. The van der Waals surface area contributed by atoms with Crippen LogP contribution in [0.5, 0.6) is 0 Å². The van der Waals surface area contributed by atoms with Gasteiger partial charge in [0.15, 0.2) is 0 Å². The van der Waals surface area contributed by atoms with Crippen LogP contribution in [0.25, 0.3) is 0 Å². The average molecular weight is 201 g/mol. The molecule has 2 bridgehead atoms. The summed E-state index contributed by atoms with van der Waals surface area (Å²) in [5.74, 6) is -1.32. The first-order chi connectivity index (χ1) is 6.48. The highest BCUT2D eigenvalue weighted by molar-refractivity contribution is 5.79. The van der Waals surface area contributed by atoms with Crippen molar-refractivity contribution in [2.75, 3.05) is 7.05 Å². The number of aliphatic hydroxyl groups excluding tert-OH is 1. The standard InChI is InChI=1S/C9H15NO4/c1-10-5-2-3-6(10)9(14,8(12)13)7(11)4-5/h5-7,11,14H,2-4H2,1H3,(H,12,13). The van der Waals surface area contributed by atoms with E-state index >= 15 is 0 Å². The molecule has 4 atom stereocenters. The highest BCUT2D eigenvalue weighted by atomic mass is 16.4. The van der Waals surface area contributed by atoms with Crippen molar-refractivity contribution in [3.05, 3.63) is 0 Å². The number of fused-ring (bicyclic) bond motifs is 2. The molecule has 2 aliphatic rings. The number of aliphatic carboxylic acids is 1. The second-order valence-corrected chi connectivity index (χ2v) is 4.29. The Labute approximate surface area is 82.0 Å². The highest BCUT2D eigenvalue weighted by Crippen LogP contribution is 2.40. The first-order valence-corrected chi connectivity index (χ1v) is 4.83. The van der Waals surface area contributed by atoms with Crippen LogP contribution in [0.3, 0.4) is 0 Å².